The van der Waals surface area contributed by atoms with Crippen molar-refractivity contribution < 1.29 is 9.59 Å². The van der Waals surface area contributed by atoms with Crippen LogP contribution in [0.4, 0.5) is 0 Å². The predicted octanol–water partition coefficient (Wildman–Crippen LogP) is 7.09. The molecule has 3 aromatic carbocycles. The Balaban J connectivity index is 1.89. The van der Waals surface area contributed by atoms with Crippen molar-refractivity contribution in [2.24, 2.45) is 0 Å². The lowest BCUT2D eigenvalue weighted by Crippen LogP contribution is -2.52. The smallest absolute Gasteiger partial charge is 0.243 e. The second-order valence-electron chi connectivity index (χ2n) is 9.21. The van der Waals surface area contributed by atoms with Crippen molar-refractivity contribution in [3.63, 3.8) is 0 Å². The Kier molecular flexibility index (Phi) is 11.4. The number of carbonyl (C=O) groups is 2. The highest BCUT2D eigenvalue weighted by molar-refractivity contribution is 7.99. The number of nitrogens with one attached hydrogen (secondary N) is 1. The van der Waals surface area contributed by atoms with Crippen LogP contribution < -0.4 is 5.32 Å². The fourth-order valence-corrected chi connectivity index (χ4v) is 5.24. The van der Waals surface area contributed by atoms with Crippen LogP contribution in [-0.4, -0.2) is 34.6 Å². The van der Waals surface area contributed by atoms with Gasteiger partial charge in [-0.05, 0) is 54.7 Å². The third-order valence-corrected chi connectivity index (χ3v) is 8.06. The topological polar surface area (TPSA) is 49.4 Å². The summed E-state index contributed by atoms with van der Waals surface area (Å²) in [7, 11) is 0. The van der Waals surface area contributed by atoms with Gasteiger partial charge in [-0.1, -0.05) is 90.8 Å². The third kappa shape index (κ3) is 8.80. The van der Waals surface area contributed by atoms with E-state index in [1.54, 1.807) is 28.8 Å². The number of amides is 2. The molecule has 0 heterocycles. The van der Waals surface area contributed by atoms with Crippen molar-refractivity contribution >= 4 is 46.8 Å². The van der Waals surface area contributed by atoms with E-state index in [2.05, 4.69) is 24.4 Å². The minimum atomic E-state index is -0.669. The Morgan fingerprint density at radius 2 is 1.65 bits per heavy atom. The summed E-state index contributed by atoms with van der Waals surface area (Å²) < 4.78 is 0. The second-order valence-corrected chi connectivity index (χ2v) is 11.0. The standard InChI is InChI=1S/C30H34Cl2N2O2S/c1-4-22(3)33-30(36)28(17-23-11-6-5-7-12-23)34(18-24-14-15-26(31)27(32)16-24)29(35)20-37-19-25-13-9-8-10-21(25)2/h5-16,22,28H,4,17-20H2,1-3H3,(H,33,36)/t22-,28+/m0/s1. The van der Waals surface area contributed by atoms with Gasteiger partial charge in [0.05, 0.1) is 15.8 Å². The summed E-state index contributed by atoms with van der Waals surface area (Å²) in [6.45, 7) is 6.33. The van der Waals surface area contributed by atoms with Gasteiger partial charge in [0.15, 0.2) is 0 Å². The molecule has 0 fully saturated rings. The zero-order valence-corrected chi connectivity index (χ0v) is 23.9. The third-order valence-electron chi connectivity index (χ3n) is 6.35. The summed E-state index contributed by atoms with van der Waals surface area (Å²) >= 11 is 14.0. The maximum absolute atomic E-state index is 13.7. The molecule has 4 nitrogen and oxygen atoms in total. The van der Waals surface area contributed by atoms with Gasteiger partial charge in [0.25, 0.3) is 0 Å². The predicted molar refractivity (Wildman–Crippen MR) is 156 cm³/mol. The van der Waals surface area contributed by atoms with E-state index in [9.17, 15) is 9.59 Å². The molecule has 0 spiro atoms. The van der Waals surface area contributed by atoms with Crippen molar-refractivity contribution in [1.82, 2.24) is 10.2 Å². The molecule has 0 aliphatic carbocycles. The van der Waals surface area contributed by atoms with E-state index in [1.165, 1.54) is 11.1 Å². The van der Waals surface area contributed by atoms with Crippen LogP contribution >= 0.6 is 35.0 Å². The van der Waals surface area contributed by atoms with Gasteiger partial charge in [-0.15, -0.1) is 11.8 Å². The Morgan fingerprint density at radius 1 is 0.946 bits per heavy atom. The molecule has 2 atom stereocenters. The van der Waals surface area contributed by atoms with Gasteiger partial charge in [0, 0.05) is 24.8 Å². The molecule has 0 aliphatic rings. The lowest BCUT2D eigenvalue weighted by molar-refractivity contribution is -0.139. The highest BCUT2D eigenvalue weighted by Gasteiger charge is 2.31. The summed E-state index contributed by atoms with van der Waals surface area (Å²) in [5.74, 6) is 0.735. The second kappa shape index (κ2) is 14.5. The summed E-state index contributed by atoms with van der Waals surface area (Å²) in [4.78, 5) is 29.0. The van der Waals surface area contributed by atoms with Gasteiger partial charge in [-0.3, -0.25) is 9.59 Å². The molecule has 0 saturated heterocycles. The lowest BCUT2D eigenvalue weighted by Gasteiger charge is -2.32. The van der Waals surface area contributed by atoms with Gasteiger partial charge >= 0.3 is 0 Å². The SMILES string of the molecule is CC[C@H](C)NC(=O)[C@@H](Cc1ccccc1)N(Cc1ccc(Cl)c(Cl)c1)C(=O)CSCc1ccccc1C. The highest BCUT2D eigenvalue weighted by atomic mass is 35.5. The van der Waals surface area contributed by atoms with Crippen LogP contribution in [0.5, 0.6) is 0 Å². The van der Waals surface area contributed by atoms with Crippen molar-refractivity contribution in [2.45, 2.75) is 58.0 Å². The molecule has 196 valence electrons. The van der Waals surface area contributed by atoms with Gasteiger partial charge < -0.3 is 10.2 Å². The molecule has 0 aromatic heterocycles. The van der Waals surface area contributed by atoms with Crippen molar-refractivity contribution in [3.05, 3.63) is 105 Å². The number of hydrogen-bond acceptors (Lipinski definition) is 3. The molecule has 37 heavy (non-hydrogen) atoms. The van der Waals surface area contributed by atoms with Gasteiger partial charge in [0.1, 0.15) is 6.04 Å². The molecule has 0 radical (unpaired) electrons. The van der Waals surface area contributed by atoms with Crippen LogP contribution in [-0.2, 0) is 28.3 Å². The summed E-state index contributed by atoms with van der Waals surface area (Å²) in [6, 6.07) is 22.6. The van der Waals surface area contributed by atoms with E-state index in [-0.39, 0.29) is 30.2 Å². The molecule has 0 unspecified atom stereocenters. The minimum absolute atomic E-state index is 0.00290. The van der Waals surface area contributed by atoms with Gasteiger partial charge in [-0.25, -0.2) is 0 Å². The first-order valence-electron chi connectivity index (χ1n) is 12.5. The Bertz CT molecular complexity index is 1190. The van der Waals surface area contributed by atoms with Crippen molar-refractivity contribution in [3.8, 4) is 0 Å². The van der Waals surface area contributed by atoms with Crippen LogP contribution in [0.3, 0.4) is 0 Å². The fourth-order valence-electron chi connectivity index (χ4n) is 3.93. The fraction of sp³-hybridized carbons (Fsp3) is 0.333. The molecule has 3 rings (SSSR count). The maximum atomic E-state index is 13.7. The first-order valence-corrected chi connectivity index (χ1v) is 14.4. The van der Waals surface area contributed by atoms with E-state index in [4.69, 9.17) is 23.2 Å². The molecule has 2 amide bonds. The van der Waals surface area contributed by atoms with Gasteiger partial charge in [0.2, 0.25) is 11.8 Å². The average molecular weight is 558 g/mol. The Hall–Kier alpha value is -2.47. The number of carbonyl (C=O) groups excluding carboxylic acids is 2. The van der Waals surface area contributed by atoms with Gasteiger partial charge in [-0.2, -0.15) is 0 Å². The minimum Gasteiger partial charge on any atom is -0.352 e. The van der Waals surface area contributed by atoms with Crippen LogP contribution in [0.1, 0.15) is 42.5 Å². The molecule has 0 aliphatic heterocycles. The number of thioether (sulfide) groups is 1. The number of hydrogen-bond donors (Lipinski definition) is 1. The number of nitrogens with zero attached hydrogens (tertiary/aromatic N) is 1. The quantitative estimate of drug-likeness (QED) is 0.259. The number of benzene rings is 3. The Morgan fingerprint density at radius 3 is 2.32 bits per heavy atom. The summed E-state index contributed by atoms with van der Waals surface area (Å²) in [6.07, 6.45) is 1.22. The molecular formula is C30H34Cl2N2O2S. The summed E-state index contributed by atoms with van der Waals surface area (Å²) in [5.41, 5.74) is 4.21. The Labute approximate surface area is 234 Å². The normalized spacial score (nSPS) is 12.6. The molecule has 0 bridgehead atoms. The van der Waals surface area contributed by atoms with Crippen LogP contribution in [0.25, 0.3) is 0 Å². The largest absolute Gasteiger partial charge is 0.352 e. The average Bonchev–Trinajstić information content (AvgIpc) is 2.89. The molecule has 3 aromatic rings. The van der Waals surface area contributed by atoms with E-state index in [1.807, 2.05) is 62.4 Å². The first kappa shape index (κ1) is 29.1. The molecule has 0 saturated carbocycles. The van der Waals surface area contributed by atoms with E-state index in [0.717, 1.165) is 23.3 Å². The van der Waals surface area contributed by atoms with E-state index >= 15 is 0 Å². The number of rotatable bonds is 12. The monoisotopic (exact) mass is 556 g/mol. The van der Waals surface area contributed by atoms with Crippen molar-refractivity contribution in [2.75, 3.05) is 5.75 Å². The zero-order chi connectivity index (χ0) is 26.8. The van der Waals surface area contributed by atoms with E-state index < -0.39 is 6.04 Å². The number of halogens is 2. The first-order chi connectivity index (χ1) is 17.8. The maximum Gasteiger partial charge on any atom is 0.243 e. The highest BCUT2D eigenvalue weighted by Crippen LogP contribution is 2.25. The van der Waals surface area contributed by atoms with Crippen molar-refractivity contribution in [1.29, 1.82) is 0 Å². The van der Waals surface area contributed by atoms with E-state index in [0.29, 0.717) is 16.5 Å². The lowest BCUT2D eigenvalue weighted by atomic mass is 10.0. The van der Waals surface area contributed by atoms with Crippen LogP contribution in [0, 0.1) is 6.92 Å². The molecule has 1 N–H and O–H groups in total. The zero-order valence-electron chi connectivity index (χ0n) is 21.5. The number of aryl methyl sites for hydroxylation is 1. The van der Waals surface area contributed by atoms with Crippen LogP contribution in [0.15, 0.2) is 72.8 Å². The molecule has 7 heteroatoms. The van der Waals surface area contributed by atoms with Crippen LogP contribution in [0.2, 0.25) is 10.0 Å². The summed E-state index contributed by atoms with van der Waals surface area (Å²) in [5, 5.41) is 3.97. The molecular weight excluding hydrogens is 523 g/mol.